The van der Waals surface area contributed by atoms with Crippen molar-refractivity contribution in [2.75, 3.05) is 19.7 Å². The number of allylic oxidation sites excluding steroid dienone is 1. The van der Waals surface area contributed by atoms with Crippen LogP contribution >= 0.6 is 11.6 Å². The van der Waals surface area contributed by atoms with Crippen LogP contribution in [0, 0.1) is 5.92 Å². The summed E-state index contributed by atoms with van der Waals surface area (Å²) in [4.78, 5) is 21.7. The number of likely N-dealkylation sites (tertiary alicyclic amines) is 1. The van der Waals surface area contributed by atoms with Gasteiger partial charge < -0.3 is 9.30 Å². The zero-order chi connectivity index (χ0) is 26.5. The fourth-order valence-electron chi connectivity index (χ4n) is 6.59. The Morgan fingerprint density at radius 2 is 1.79 bits per heavy atom. The van der Waals surface area contributed by atoms with Crippen LogP contribution in [0.4, 0.5) is 0 Å². The number of rotatable bonds is 11. The van der Waals surface area contributed by atoms with Crippen LogP contribution < -0.4 is 0 Å². The quantitative estimate of drug-likeness (QED) is 0.194. The number of imidazole rings is 1. The first-order chi connectivity index (χ1) is 19.2. The summed E-state index contributed by atoms with van der Waals surface area (Å²) in [6.07, 6.45) is 20.1. The highest BCUT2D eigenvalue weighted by atomic mass is 35.5. The number of piperidine rings is 1. The third kappa shape index (κ3) is 5.81. The van der Waals surface area contributed by atoms with Crippen LogP contribution in [0.5, 0.6) is 0 Å². The Morgan fingerprint density at radius 1 is 0.974 bits per heavy atom. The predicted molar refractivity (Wildman–Crippen MR) is 156 cm³/mol. The topological polar surface area (TPSA) is 68.4 Å². The summed E-state index contributed by atoms with van der Waals surface area (Å²) in [6, 6.07) is 10.9. The van der Waals surface area contributed by atoms with Gasteiger partial charge in [-0.25, -0.2) is 9.97 Å². The number of halogens is 1. The molecule has 8 heteroatoms. The molecule has 0 bridgehead atoms. The normalized spacial score (nSPS) is 22.5. The molecule has 3 aliphatic rings. The zero-order valence-corrected chi connectivity index (χ0v) is 23.5. The molecule has 1 saturated heterocycles. The number of aliphatic imine (C=N–C) groups is 1. The van der Waals surface area contributed by atoms with Crippen LogP contribution in [0.2, 0.25) is 5.28 Å². The van der Waals surface area contributed by atoms with E-state index >= 15 is 0 Å². The molecule has 1 aliphatic carbocycles. The minimum Gasteiger partial charge on any atom is -0.377 e. The molecule has 7 nitrogen and oxygen atoms in total. The van der Waals surface area contributed by atoms with Gasteiger partial charge in [-0.05, 0) is 67.3 Å². The van der Waals surface area contributed by atoms with E-state index in [-0.39, 0.29) is 5.28 Å². The van der Waals surface area contributed by atoms with Crippen molar-refractivity contribution in [2.45, 2.75) is 82.5 Å². The first kappa shape index (κ1) is 26.6. The number of fused-ring (bicyclic) bond motifs is 1. The summed E-state index contributed by atoms with van der Waals surface area (Å²) in [5, 5.41) is 0.273. The summed E-state index contributed by atoms with van der Waals surface area (Å²) in [5.74, 6) is 0.758. The average molecular weight is 547 g/mol. The lowest BCUT2D eigenvalue weighted by atomic mass is 9.89. The molecule has 1 saturated carbocycles. The number of hydrogen-bond donors (Lipinski definition) is 0. The molecule has 206 valence electrons. The lowest BCUT2D eigenvalue weighted by Gasteiger charge is -2.41. The second-order valence-corrected chi connectivity index (χ2v) is 11.6. The summed E-state index contributed by atoms with van der Waals surface area (Å²) in [6.45, 7) is 3.52. The van der Waals surface area contributed by atoms with E-state index in [0.717, 1.165) is 48.9 Å². The van der Waals surface area contributed by atoms with Gasteiger partial charge >= 0.3 is 0 Å². The average Bonchev–Trinajstić information content (AvgIpc) is 3.75. The summed E-state index contributed by atoms with van der Waals surface area (Å²) < 4.78 is 8.07. The highest BCUT2D eigenvalue weighted by Gasteiger charge is 2.43. The van der Waals surface area contributed by atoms with Crippen molar-refractivity contribution in [2.24, 2.45) is 10.9 Å². The Morgan fingerprint density at radius 3 is 2.56 bits per heavy atom. The van der Waals surface area contributed by atoms with Gasteiger partial charge in [0.25, 0.3) is 0 Å². The maximum Gasteiger partial charge on any atom is 0.224 e. The van der Waals surface area contributed by atoms with Crippen molar-refractivity contribution < 1.29 is 4.74 Å². The Hall–Kier alpha value is -2.61. The van der Waals surface area contributed by atoms with E-state index < -0.39 is 5.66 Å². The smallest absolute Gasteiger partial charge is 0.224 e. The molecule has 2 aliphatic heterocycles. The van der Waals surface area contributed by atoms with E-state index in [1.54, 1.807) is 0 Å². The first-order valence-corrected chi connectivity index (χ1v) is 15.1. The highest BCUT2D eigenvalue weighted by molar-refractivity contribution is 6.28. The third-order valence-corrected chi connectivity index (χ3v) is 8.93. The van der Waals surface area contributed by atoms with Gasteiger partial charge in [-0.15, -0.1) is 0 Å². The molecule has 0 radical (unpaired) electrons. The van der Waals surface area contributed by atoms with Gasteiger partial charge in [0.1, 0.15) is 11.2 Å². The van der Waals surface area contributed by atoms with Crippen LogP contribution in [-0.4, -0.2) is 50.3 Å². The lowest BCUT2D eigenvalue weighted by Crippen LogP contribution is -2.47. The molecule has 39 heavy (non-hydrogen) atoms. The van der Waals surface area contributed by atoms with Crippen LogP contribution in [0.1, 0.15) is 81.5 Å². The molecule has 0 amide bonds. The van der Waals surface area contributed by atoms with Crippen molar-refractivity contribution in [1.82, 2.24) is 24.4 Å². The van der Waals surface area contributed by atoms with Crippen molar-refractivity contribution in [3.8, 4) is 0 Å². The molecular formula is C31H39ClN6O. The maximum atomic E-state index is 6.53. The fraction of sp³-hybridized carbons (Fsp3) is 0.548. The monoisotopic (exact) mass is 546 g/mol. The molecule has 3 aromatic rings. The van der Waals surface area contributed by atoms with Crippen molar-refractivity contribution >= 4 is 29.0 Å². The zero-order valence-electron chi connectivity index (χ0n) is 22.7. The molecule has 2 fully saturated rings. The van der Waals surface area contributed by atoms with E-state index in [9.17, 15) is 0 Å². The largest absolute Gasteiger partial charge is 0.377 e. The Bertz CT molecular complexity index is 1280. The molecule has 6 rings (SSSR count). The number of aromatic nitrogens is 4. The predicted octanol–water partition coefficient (Wildman–Crippen LogP) is 6.88. The van der Waals surface area contributed by atoms with E-state index in [4.69, 9.17) is 31.3 Å². The van der Waals surface area contributed by atoms with Crippen LogP contribution in [-0.2, 0) is 17.0 Å². The molecular weight excluding hydrogens is 508 g/mol. The second kappa shape index (κ2) is 12.3. The Kier molecular flexibility index (Phi) is 8.37. The van der Waals surface area contributed by atoms with E-state index in [1.165, 1.54) is 63.4 Å². The standard InChI is InChI=1S/C31H39ClN6O/c32-30-35-28(27-29(36-30)38(23-33-27)26-13-6-7-14-26)31(17-9-18-34-31)37-19-15-24(16-20-37)10-5-2-8-21-39-22-25-11-3-1-4-12-25/h1,3-4,9,11-12,17-18,23-24,26H,2,5-8,10,13-16,19-22H2. The van der Waals surface area contributed by atoms with Gasteiger partial charge in [-0.2, -0.15) is 4.98 Å². The molecule has 1 aromatic carbocycles. The van der Waals surface area contributed by atoms with E-state index in [0.29, 0.717) is 12.6 Å². The molecule has 2 aromatic heterocycles. The number of hydrogen-bond acceptors (Lipinski definition) is 6. The van der Waals surface area contributed by atoms with Gasteiger partial charge in [0.2, 0.25) is 5.28 Å². The minimum absolute atomic E-state index is 0.273. The molecule has 1 atom stereocenters. The summed E-state index contributed by atoms with van der Waals surface area (Å²) in [7, 11) is 0. The fourth-order valence-corrected chi connectivity index (χ4v) is 6.76. The van der Waals surface area contributed by atoms with Crippen LogP contribution in [0.3, 0.4) is 0 Å². The minimum atomic E-state index is -0.652. The Balaban J connectivity index is 1.04. The van der Waals surface area contributed by atoms with E-state index in [1.807, 2.05) is 24.7 Å². The summed E-state index contributed by atoms with van der Waals surface area (Å²) >= 11 is 6.53. The molecule has 0 N–H and O–H groups in total. The van der Waals surface area contributed by atoms with E-state index in [2.05, 4.69) is 44.8 Å². The number of benzene rings is 1. The van der Waals surface area contributed by atoms with Crippen molar-refractivity contribution in [3.05, 3.63) is 65.4 Å². The van der Waals surface area contributed by atoms with Crippen LogP contribution in [0.15, 0.2) is 53.8 Å². The van der Waals surface area contributed by atoms with Crippen molar-refractivity contribution in [1.29, 1.82) is 0 Å². The third-order valence-electron chi connectivity index (χ3n) is 8.76. The van der Waals surface area contributed by atoms with Gasteiger partial charge in [-0.3, -0.25) is 9.89 Å². The van der Waals surface area contributed by atoms with Gasteiger partial charge in [-0.1, -0.05) is 62.4 Å². The molecule has 0 spiro atoms. The SMILES string of the molecule is Clc1nc(C2(N3CCC(CCCCCOCc4ccccc4)CC3)C=CC=N2)c2ncn(C3CCCC3)c2n1. The van der Waals surface area contributed by atoms with Gasteiger partial charge in [0.15, 0.2) is 11.3 Å². The first-order valence-electron chi connectivity index (χ1n) is 14.7. The van der Waals surface area contributed by atoms with Crippen LogP contribution in [0.25, 0.3) is 11.2 Å². The highest BCUT2D eigenvalue weighted by Crippen LogP contribution is 2.41. The second-order valence-electron chi connectivity index (χ2n) is 11.3. The number of ether oxygens (including phenoxy) is 1. The van der Waals surface area contributed by atoms with Crippen molar-refractivity contribution in [3.63, 3.8) is 0 Å². The van der Waals surface area contributed by atoms with Gasteiger partial charge in [0.05, 0.1) is 12.9 Å². The Labute approximate surface area is 236 Å². The van der Waals surface area contributed by atoms with Gasteiger partial charge in [0, 0.05) is 32.0 Å². The molecule has 1 unspecified atom stereocenters. The number of unbranched alkanes of at least 4 members (excludes halogenated alkanes) is 2. The number of nitrogens with zero attached hydrogens (tertiary/aromatic N) is 6. The lowest BCUT2D eigenvalue weighted by molar-refractivity contribution is 0.0829. The molecule has 4 heterocycles. The summed E-state index contributed by atoms with van der Waals surface area (Å²) in [5.41, 5.74) is 3.07. The maximum absolute atomic E-state index is 6.53.